The second-order valence-electron chi connectivity index (χ2n) is 16.3. The molecule has 0 aromatic carbocycles. The van der Waals surface area contributed by atoms with Crippen LogP contribution in [-0.4, -0.2) is 37.2 Å². The summed E-state index contributed by atoms with van der Waals surface area (Å²) in [6.07, 6.45) is 73.0. The molecule has 0 aromatic heterocycles. The van der Waals surface area contributed by atoms with Crippen molar-refractivity contribution in [2.24, 2.45) is 0 Å². The largest absolute Gasteiger partial charge is 0.462 e. The summed E-state index contributed by atoms with van der Waals surface area (Å²) in [6, 6.07) is 0. The van der Waals surface area contributed by atoms with E-state index in [1.807, 2.05) is 0 Å². The number of carbonyl (C=O) groups is 3. The first kappa shape index (κ1) is 60.5. The summed E-state index contributed by atoms with van der Waals surface area (Å²) in [4.78, 5) is 38.0. The summed E-state index contributed by atoms with van der Waals surface area (Å²) in [7, 11) is 0. The summed E-state index contributed by atoms with van der Waals surface area (Å²) in [5.74, 6) is -1.05. The van der Waals surface area contributed by atoms with Gasteiger partial charge in [0.15, 0.2) is 6.10 Å². The molecule has 0 fully saturated rings. The Bertz CT molecular complexity index is 1450. The fraction of sp³-hybridized carbons (Fsp3) is 0.576. The molecule has 0 amide bonds. The van der Waals surface area contributed by atoms with Crippen LogP contribution in [0.3, 0.4) is 0 Å². The number of carbonyl (C=O) groups excluding carboxylic acids is 3. The Hall–Kier alpha value is -4.45. The van der Waals surface area contributed by atoms with Gasteiger partial charge >= 0.3 is 17.9 Å². The van der Waals surface area contributed by atoms with Gasteiger partial charge in [0.05, 0.1) is 0 Å². The van der Waals surface area contributed by atoms with Gasteiger partial charge in [-0.2, -0.15) is 0 Å². The van der Waals surface area contributed by atoms with Gasteiger partial charge < -0.3 is 14.2 Å². The molecule has 1 atom stereocenters. The summed E-state index contributed by atoms with van der Waals surface area (Å²) >= 11 is 0. The van der Waals surface area contributed by atoms with E-state index in [0.29, 0.717) is 19.3 Å². The first-order chi connectivity index (χ1) is 32.0. The Balaban J connectivity index is 4.60. The summed E-state index contributed by atoms with van der Waals surface area (Å²) < 4.78 is 16.7. The minimum atomic E-state index is -0.834. The van der Waals surface area contributed by atoms with Gasteiger partial charge in [-0.05, 0) is 128 Å². The van der Waals surface area contributed by atoms with Crippen LogP contribution in [0.1, 0.15) is 201 Å². The van der Waals surface area contributed by atoms with Crippen LogP contribution in [0.25, 0.3) is 0 Å². The van der Waals surface area contributed by atoms with Crippen molar-refractivity contribution in [3.63, 3.8) is 0 Å². The topological polar surface area (TPSA) is 78.9 Å². The molecule has 65 heavy (non-hydrogen) atoms. The summed E-state index contributed by atoms with van der Waals surface area (Å²) in [5.41, 5.74) is 0. The zero-order chi connectivity index (χ0) is 47.2. The van der Waals surface area contributed by atoms with Gasteiger partial charge in [-0.1, -0.05) is 187 Å². The van der Waals surface area contributed by atoms with Gasteiger partial charge in [0.1, 0.15) is 13.2 Å². The number of ether oxygens (including phenoxy) is 3. The predicted molar refractivity (Wildman–Crippen MR) is 279 cm³/mol. The van der Waals surface area contributed by atoms with Crippen molar-refractivity contribution in [1.29, 1.82) is 0 Å². The first-order valence-corrected chi connectivity index (χ1v) is 25.7. The van der Waals surface area contributed by atoms with Crippen molar-refractivity contribution in [1.82, 2.24) is 0 Å². The molecule has 0 saturated heterocycles. The SMILES string of the molecule is CC/C=C\C/C=C\C/C=C\C/C=C\CCCCC(=O)O[C@@H](COC(=O)CCC/C=C\C/C=C\C/C=C\C/C=C\CCCCC)COC(=O)CCCCCCC/C=C\C/C=C\C/C=C\CC. The standard InChI is InChI=1S/C59H92O6/c1-4-7-10-13-16-19-22-25-28-29-32-34-37-40-43-46-49-52-58(61)64-55-56(65-59(62)53-50-47-44-41-38-35-31-27-24-21-18-15-12-9-6-3)54-63-57(60)51-48-45-42-39-36-33-30-26-23-20-17-14-11-8-5-2/h8-9,11-12,16-21,25-28,30-32,34,38,40-41,43,56H,4-7,10,13-15,22-24,29,33,35-37,39,42,44-55H2,1-3H3/b11-8-,12-9-,19-16-,20-17-,21-18-,28-25-,30-26-,31-27-,34-32-,41-38-,43-40-/t56-/m1/s1. The van der Waals surface area contributed by atoms with E-state index in [9.17, 15) is 14.4 Å². The number of esters is 3. The van der Waals surface area contributed by atoms with Crippen LogP contribution in [0.4, 0.5) is 0 Å². The molecular formula is C59H92O6. The Kier molecular flexibility index (Phi) is 48.6. The fourth-order valence-electron chi connectivity index (χ4n) is 6.32. The molecule has 0 saturated carbocycles. The third kappa shape index (κ3) is 50.4. The van der Waals surface area contributed by atoms with E-state index < -0.39 is 6.10 Å². The second-order valence-corrected chi connectivity index (χ2v) is 16.3. The zero-order valence-corrected chi connectivity index (χ0v) is 41.4. The number of hydrogen-bond donors (Lipinski definition) is 0. The minimum absolute atomic E-state index is 0.126. The molecule has 0 spiro atoms. The van der Waals surface area contributed by atoms with Crippen LogP contribution >= 0.6 is 0 Å². The molecule has 0 unspecified atom stereocenters. The number of hydrogen-bond acceptors (Lipinski definition) is 6. The van der Waals surface area contributed by atoms with E-state index in [1.54, 1.807) is 0 Å². The molecule has 0 aromatic rings. The molecule has 0 aliphatic carbocycles. The highest BCUT2D eigenvalue weighted by Gasteiger charge is 2.19. The van der Waals surface area contributed by atoms with E-state index in [1.165, 1.54) is 25.7 Å². The van der Waals surface area contributed by atoms with E-state index in [2.05, 4.69) is 154 Å². The van der Waals surface area contributed by atoms with Crippen LogP contribution in [-0.2, 0) is 28.6 Å². The molecular weight excluding hydrogens is 805 g/mol. The molecule has 0 bridgehead atoms. The highest BCUT2D eigenvalue weighted by atomic mass is 16.6. The van der Waals surface area contributed by atoms with Crippen molar-refractivity contribution in [3.05, 3.63) is 134 Å². The molecule has 6 nitrogen and oxygen atoms in total. The Morgan fingerprint density at radius 1 is 0.323 bits per heavy atom. The Morgan fingerprint density at radius 3 is 1.03 bits per heavy atom. The summed E-state index contributed by atoms with van der Waals surface area (Å²) in [6.45, 7) is 6.26. The second kappa shape index (κ2) is 52.2. The maximum atomic E-state index is 12.8. The lowest BCUT2D eigenvalue weighted by Crippen LogP contribution is -2.30. The smallest absolute Gasteiger partial charge is 0.306 e. The third-order valence-electron chi connectivity index (χ3n) is 10.1. The Labute approximate surface area is 398 Å². The first-order valence-electron chi connectivity index (χ1n) is 25.7. The average Bonchev–Trinajstić information content (AvgIpc) is 3.30. The van der Waals surface area contributed by atoms with Crippen LogP contribution < -0.4 is 0 Å². The lowest BCUT2D eigenvalue weighted by molar-refractivity contribution is -0.167. The van der Waals surface area contributed by atoms with Gasteiger partial charge in [-0.3, -0.25) is 14.4 Å². The van der Waals surface area contributed by atoms with Gasteiger partial charge in [-0.15, -0.1) is 0 Å². The van der Waals surface area contributed by atoms with E-state index in [0.717, 1.165) is 122 Å². The number of allylic oxidation sites excluding steroid dienone is 22. The lowest BCUT2D eigenvalue weighted by atomic mass is 10.1. The van der Waals surface area contributed by atoms with Gasteiger partial charge in [-0.25, -0.2) is 0 Å². The van der Waals surface area contributed by atoms with Crippen molar-refractivity contribution in [2.45, 2.75) is 207 Å². The molecule has 0 aliphatic heterocycles. The maximum absolute atomic E-state index is 12.8. The van der Waals surface area contributed by atoms with Crippen LogP contribution in [0, 0.1) is 0 Å². The molecule has 364 valence electrons. The van der Waals surface area contributed by atoms with Gasteiger partial charge in [0.25, 0.3) is 0 Å². The molecule has 0 radical (unpaired) electrons. The van der Waals surface area contributed by atoms with Crippen molar-refractivity contribution in [2.75, 3.05) is 13.2 Å². The monoisotopic (exact) mass is 897 g/mol. The summed E-state index contributed by atoms with van der Waals surface area (Å²) in [5, 5.41) is 0. The molecule has 0 rings (SSSR count). The van der Waals surface area contributed by atoms with Gasteiger partial charge in [0, 0.05) is 19.3 Å². The quantitative estimate of drug-likeness (QED) is 0.0262. The van der Waals surface area contributed by atoms with Gasteiger partial charge in [0.2, 0.25) is 0 Å². The Morgan fingerprint density at radius 2 is 0.615 bits per heavy atom. The fourth-order valence-corrected chi connectivity index (χ4v) is 6.32. The number of rotatable bonds is 44. The molecule has 0 N–H and O–H groups in total. The highest BCUT2D eigenvalue weighted by Crippen LogP contribution is 2.11. The number of unbranched alkanes of at least 4 members (excludes halogenated alkanes) is 11. The van der Waals surface area contributed by atoms with E-state index in [-0.39, 0.29) is 44.0 Å². The maximum Gasteiger partial charge on any atom is 0.306 e. The predicted octanol–water partition coefficient (Wildman–Crippen LogP) is 17.1. The third-order valence-corrected chi connectivity index (χ3v) is 10.1. The van der Waals surface area contributed by atoms with E-state index in [4.69, 9.17) is 14.2 Å². The molecule has 0 aliphatic rings. The average molecular weight is 897 g/mol. The highest BCUT2D eigenvalue weighted by molar-refractivity contribution is 5.71. The minimum Gasteiger partial charge on any atom is -0.462 e. The van der Waals surface area contributed by atoms with E-state index >= 15 is 0 Å². The molecule has 0 heterocycles. The van der Waals surface area contributed by atoms with Crippen molar-refractivity contribution >= 4 is 17.9 Å². The lowest BCUT2D eigenvalue weighted by Gasteiger charge is -2.18. The molecule has 6 heteroatoms. The zero-order valence-electron chi connectivity index (χ0n) is 41.4. The van der Waals surface area contributed by atoms with Crippen LogP contribution in [0.5, 0.6) is 0 Å². The van der Waals surface area contributed by atoms with Crippen molar-refractivity contribution in [3.8, 4) is 0 Å². The van der Waals surface area contributed by atoms with Crippen LogP contribution in [0.15, 0.2) is 134 Å². The van der Waals surface area contributed by atoms with Crippen LogP contribution in [0.2, 0.25) is 0 Å². The van der Waals surface area contributed by atoms with Crippen molar-refractivity contribution < 1.29 is 28.6 Å². The normalized spacial score (nSPS) is 13.2.